The Bertz CT molecular complexity index is 679. The molecule has 0 amide bonds. The quantitative estimate of drug-likeness (QED) is 0.685. The molecule has 1 aliphatic carbocycles. The van der Waals surface area contributed by atoms with E-state index in [0.717, 1.165) is 35.1 Å². The number of aromatic nitrogens is 1. The lowest BCUT2D eigenvalue weighted by molar-refractivity contribution is 0.560. The first kappa shape index (κ1) is 14.5. The molecule has 0 radical (unpaired) electrons. The molecule has 2 aromatic rings. The van der Waals surface area contributed by atoms with Gasteiger partial charge in [0.05, 0.1) is 15.7 Å². The third kappa shape index (κ3) is 2.21. The van der Waals surface area contributed by atoms with Gasteiger partial charge in [-0.1, -0.05) is 23.2 Å². The van der Waals surface area contributed by atoms with Gasteiger partial charge < -0.3 is 10.3 Å². The van der Waals surface area contributed by atoms with E-state index in [9.17, 15) is 0 Å². The first-order chi connectivity index (χ1) is 9.50. The van der Waals surface area contributed by atoms with Crippen LogP contribution in [0, 0.1) is 6.92 Å². The van der Waals surface area contributed by atoms with E-state index in [-0.39, 0.29) is 6.04 Å². The number of hydrogen-bond acceptors (Lipinski definition) is 1. The molecule has 5 heteroatoms. The lowest BCUT2D eigenvalue weighted by Gasteiger charge is -2.22. The van der Waals surface area contributed by atoms with Gasteiger partial charge in [0.15, 0.2) is 0 Å². The minimum absolute atomic E-state index is 0.128. The monoisotopic (exact) mass is 372 g/mol. The molecule has 1 atom stereocenters. The van der Waals surface area contributed by atoms with E-state index in [1.54, 1.807) is 0 Å². The molecule has 1 heterocycles. The van der Waals surface area contributed by atoms with Gasteiger partial charge in [0.2, 0.25) is 0 Å². The third-order valence-corrected chi connectivity index (χ3v) is 5.67. The van der Waals surface area contributed by atoms with Crippen molar-refractivity contribution >= 4 is 39.1 Å². The van der Waals surface area contributed by atoms with Crippen molar-refractivity contribution in [3.05, 3.63) is 49.7 Å². The van der Waals surface area contributed by atoms with Crippen LogP contribution in [-0.2, 0) is 6.42 Å². The number of aryl methyl sites for hydroxylation is 1. The maximum absolute atomic E-state index is 6.43. The molecule has 0 fully saturated rings. The van der Waals surface area contributed by atoms with Crippen LogP contribution in [0.15, 0.2) is 22.7 Å². The summed E-state index contributed by atoms with van der Waals surface area (Å²) < 4.78 is 3.00. The largest absolute Gasteiger partial charge is 0.324 e. The molecule has 0 bridgehead atoms. The van der Waals surface area contributed by atoms with Crippen LogP contribution in [-0.4, -0.2) is 4.57 Å². The van der Waals surface area contributed by atoms with E-state index < -0.39 is 0 Å². The van der Waals surface area contributed by atoms with Crippen molar-refractivity contribution in [3.8, 4) is 5.69 Å². The van der Waals surface area contributed by atoms with Crippen LogP contribution in [0.1, 0.15) is 35.8 Å². The lowest BCUT2D eigenvalue weighted by Crippen LogP contribution is -2.18. The summed E-state index contributed by atoms with van der Waals surface area (Å²) >= 11 is 16.1. The molecular weight excluding hydrogens is 359 g/mol. The fourth-order valence-electron chi connectivity index (χ4n) is 2.96. The Kier molecular flexibility index (Phi) is 3.89. The number of hydrogen-bond donors (Lipinski definition) is 1. The van der Waals surface area contributed by atoms with Gasteiger partial charge in [-0.15, -0.1) is 0 Å². The molecule has 0 saturated heterocycles. The maximum Gasteiger partial charge on any atom is 0.0844 e. The molecule has 0 aliphatic heterocycles. The average Bonchev–Trinajstić information content (AvgIpc) is 2.75. The number of rotatable bonds is 1. The Hall–Kier alpha value is -0.480. The summed E-state index contributed by atoms with van der Waals surface area (Å²) in [5.41, 5.74) is 10.8. The van der Waals surface area contributed by atoms with Gasteiger partial charge in [-0.25, -0.2) is 0 Å². The van der Waals surface area contributed by atoms with Gasteiger partial charge in [0.25, 0.3) is 0 Å². The Morgan fingerprint density at radius 2 is 2.05 bits per heavy atom. The summed E-state index contributed by atoms with van der Waals surface area (Å²) in [7, 11) is 0. The first-order valence-electron chi connectivity index (χ1n) is 6.61. The standard InChI is InChI=1S/C15H15BrCl2N2/c1-8-7-9-11(19)3-2-4-12(9)20(8)13-6-5-10(16)14(17)15(13)18/h5-7,11H,2-4,19H2,1H3. The summed E-state index contributed by atoms with van der Waals surface area (Å²) in [5, 5.41) is 1.12. The van der Waals surface area contributed by atoms with E-state index in [4.69, 9.17) is 28.9 Å². The molecule has 0 saturated carbocycles. The molecule has 1 aromatic heterocycles. The Morgan fingerprint density at radius 1 is 1.30 bits per heavy atom. The minimum Gasteiger partial charge on any atom is -0.324 e. The van der Waals surface area contributed by atoms with Crippen molar-refractivity contribution in [2.75, 3.05) is 0 Å². The van der Waals surface area contributed by atoms with Crippen LogP contribution >= 0.6 is 39.1 Å². The average molecular weight is 374 g/mol. The molecule has 2 N–H and O–H groups in total. The topological polar surface area (TPSA) is 30.9 Å². The lowest BCUT2D eigenvalue weighted by atomic mass is 9.93. The molecule has 20 heavy (non-hydrogen) atoms. The van der Waals surface area contributed by atoms with E-state index in [1.165, 1.54) is 11.3 Å². The maximum atomic E-state index is 6.43. The number of benzene rings is 1. The molecule has 3 rings (SSSR count). The Morgan fingerprint density at radius 3 is 2.80 bits per heavy atom. The highest BCUT2D eigenvalue weighted by Gasteiger charge is 2.24. The molecule has 106 valence electrons. The molecule has 2 nitrogen and oxygen atoms in total. The number of halogens is 3. The van der Waals surface area contributed by atoms with Gasteiger partial charge in [-0.3, -0.25) is 0 Å². The molecule has 1 unspecified atom stereocenters. The van der Waals surface area contributed by atoms with Gasteiger partial charge in [-0.2, -0.15) is 0 Å². The van der Waals surface area contributed by atoms with Gasteiger partial charge in [0, 0.05) is 21.9 Å². The second kappa shape index (κ2) is 5.38. The van der Waals surface area contributed by atoms with Crippen molar-refractivity contribution in [2.24, 2.45) is 5.73 Å². The fourth-order valence-corrected chi connectivity index (χ4v) is 3.81. The van der Waals surface area contributed by atoms with Crippen LogP contribution in [0.25, 0.3) is 5.69 Å². The zero-order chi connectivity index (χ0) is 14.4. The van der Waals surface area contributed by atoms with Crippen molar-refractivity contribution in [1.29, 1.82) is 0 Å². The normalized spacial score (nSPS) is 18.1. The fraction of sp³-hybridized carbons (Fsp3) is 0.333. The van der Waals surface area contributed by atoms with Crippen molar-refractivity contribution in [2.45, 2.75) is 32.2 Å². The number of nitrogens with two attached hydrogens (primary N) is 1. The zero-order valence-corrected chi connectivity index (χ0v) is 14.2. The molecular formula is C15H15BrCl2N2. The van der Waals surface area contributed by atoms with E-state index in [1.807, 2.05) is 12.1 Å². The highest BCUT2D eigenvalue weighted by atomic mass is 79.9. The van der Waals surface area contributed by atoms with Crippen LogP contribution in [0.3, 0.4) is 0 Å². The number of nitrogens with zero attached hydrogens (tertiary/aromatic N) is 1. The van der Waals surface area contributed by atoms with Crippen LogP contribution < -0.4 is 5.73 Å². The number of fused-ring (bicyclic) bond motifs is 1. The van der Waals surface area contributed by atoms with Crippen LogP contribution in [0.2, 0.25) is 10.0 Å². The summed E-state index contributed by atoms with van der Waals surface area (Å²) in [5.74, 6) is 0. The zero-order valence-electron chi connectivity index (χ0n) is 11.1. The minimum atomic E-state index is 0.128. The summed E-state index contributed by atoms with van der Waals surface area (Å²) in [6.45, 7) is 2.08. The second-order valence-corrected chi connectivity index (χ2v) is 6.83. The predicted octanol–water partition coefficient (Wildman–Crippen LogP) is 5.19. The van der Waals surface area contributed by atoms with Crippen LogP contribution in [0.5, 0.6) is 0 Å². The Labute approximate surface area is 137 Å². The second-order valence-electron chi connectivity index (χ2n) is 5.22. The first-order valence-corrected chi connectivity index (χ1v) is 8.16. The van der Waals surface area contributed by atoms with E-state index in [2.05, 4.69) is 33.5 Å². The SMILES string of the molecule is Cc1cc2c(n1-c1ccc(Br)c(Cl)c1Cl)CCCC2N. The highest BCUT2D eigenvalue weighted by molar-refractivity contribution is 9.10. The molecule has 1 aliphatic rings. The van der Waals surface area contributed by atoms with Gasteiger partial charge in [0.1, 0.15) is 0 Å². The summed E-state index contributed by atoms with van der Waals surface area (Å²) in [6.07, 6.45) is 3.19. The van der Waals surface area contributed by atoms with Crippen molar-refractivity contribution < 1.29 is 0 Å². The highest BCUT2D eigenvalue weighted by Crippen LogP contribution is 2.39. The van der Waals surface area contributed by atoms with E-state index >= 15 is 0 Å². The summed E-state index contributed by atoms with van der Waals surface area (Å²) in [6, 6.07) is 6.22. The molecule has 1 aromatic carbocycles. The Balaban J connectivity index is 2.23. The smallest absolute Gasteiger partial charge is 0.0844 e. The van der Waals surface area contributed by atoms with Crippen LogP contribution in [0.4, 0.5) is 0 Å². The molecule has 0 spiro atoms. The third-order valence-electron chi connectivity index (χ3n) is 3.90. The predicted molar refractivity (Wildman–Crippen MR) is 88.1 cm³/mol. The van der Waals surface area contributed by atoms with Crippen molar-refractivity contribution in [1.82, 2.24) is 4.57 Å². The summed E-state index contributed by atoms with van der Waals surface area (Å²) in [4.78, 5) is 0. The van der Waals surface area contributed by atoms with Gasteiger partial charge in [-0.05, 0) is 65.9 Å². The van der Waals surface area contributed by atoms with Gasteiger partial charge >= 0.3 is 0 Å². The van der Waals surface area contributed by atoms with E-state index in [0.29, 0.717) is 10.0 Å². The van der Waals surface area contributed by atoms with Crippen molar-refractivity contribution in [3.63, 3.8) is 0 Å².